The third-order valence-corrected chi connectivity index (χ3v) is 4.48. The summed E-state index contributed by atoms with van der Waals surface area (Å²) in [5.41, 5.74) is -0.570. The molecule has 1 aliphatic rings. The van der Waals surface area contributed by atoms with E-state index in [1.54, 1.807) is 6.07 Å². The Morgan fingerprint density at radius 1 is 1.53 bits per heavy atom. The highest BCUT2D eigenvalue weighted by Gasteiger charge is 2.40. The van der Waals surface area contributed by atoms with Crippen molar-refractivity contribution in [2.24, 2.45) is 0 Å². The molecule has 7 heteroatoms. The summed E-state index contributed by atoms with van der Waals surface area (Å²) in [5, 5.41) is 12.0. The number of rotatable bonds is 5. The minimum Gasteiger partial charge on any atom is -0.481 e. The van der Waals surface area contributed by atoms with Gasteiger partial charge in [-0.25, -0.2) is 13.4 Å². The van der Waals surface area contributed by atoms with Gasteiger partial charge in [0.05, 0.1) is 6.42 Å². The highest BCUT2D eigenvalue weighted by molar-refractivity contribution is 7.90. The zero-order valence-corrected chi connectivity index (χ0v) is 11.4. The predicted molar refractivity (Wildman–Crippen MR) is 69.8 cm³/mol. The average Bonchev–Trinajstić information content (AvgIpc) is 2.24. The molecule has 0 aromatic carbocycles. The van der Waals surface area contributed by atoms with Crippen LogP contribution in [0.2, 0.25) is 0 Å². The minimum absolute atomic E-state index is 0.0349. The van der Waals surface area contributed by atoms with Crippen molar-refractivity contribution in [1.82, 2.24) is 4.98 Å². The Bertz CT molecular complexity index is 594. The van der Waals surface area contributed by atoms with Crippen molar-refractivity contribution in [2.45, 2.75) is 36.1 Å². The zero-order valence-electron chi connectivity index (χ0n) is 10.6. The third-order valence-electron chi connectivity index (χ3n) is 3.35. The normalized spacial score (nSPS) is 17.5. The molecule has 1 heterocycles. The highest BCUT2D eigenvalue weighted by Crippen LogP contribution is 2.38. The number of anilines is 1. The fraction of sp³-hybridized carbons (Fsp3) is 0.500. The second-order valence-corrected chi connectivity index (χ2v) is 6.94. The molecule has 104 valence electrons. The number of aromatic nitrogens is 1. The first-order chi connectivity index (χ1) is 8.82. The van der Waals surface area contributed by atoms with Crippen LogP contribution < -0.4 is 5.32 Å². The number of carboxylic acid groups (broad SMARTS) is 1. The van der Waals surface area contributed by atoms with E-state index >= 15 is 0 Å². The van der Waals surface area contributed by atoms with Gasteiger partial charge in [-0.15, -0.1) is 0 Å². The molecule has 2 N–H and O–H groups in total. The second kappa shape index (κ2) is 4.80. The smallest absolute Gasteiger partial charge is 0.305 e. The zero-order chi connectivity index (χ0) is 14.1. The van der Waals surface area contributed by atoms with Crippen LogP contribution in [0.3, 0.4) is 0 Å². The monoisotopic (exact) mass is 284 g/mol. The van der Waals surface area contributed by atoms with E-state index in [-0.39, 0.29) is 17.1 Å². The summed E-state index contributed by atoms with van der Waals surface area (Å²) in [4.78, 5) is 15.0. The van der Waals surface area contributed by atoms with Crippen molar-refractivity contribution in [2.75, 3.05) is 11.6 Å². The van der Waals surface area contributed by atoms with Gasteiger partial charge in [0.1, 0.15) is 10.7 Å². The molecule has 0 aliphatic heterocycles. The van der Waals surface area contributed by atoms with Gasteiger partial charge < -0.3 is 10.4 Å². The van der Waals surface area contributed by atoms with Crippen LogP contribution in [0.5, 0.6) is 0 Å². The van der Waals surface area contributed by atoms with Crippen LogP contribution in [-0.2, 0) is 14.6 Å². The lowest BCUT2D eigenvalue weighted by molar-refractivity contribution is -0.138. The van der Waals surface area contributed by atoms with Crippen LogP contribution in [0, 0.1) is 0 Å². The first-order valence-corrected chi connectivity index (χ1v) is 7.87. The van der Waals surface area contributed by atoms with Gasteiger partial charge in [0, 0.05) is 18.0 Å². The Balaban J connectivity index is 2.31. The number of hydrogen-bond donors (Lipinski definition) is 2. The molecule has 0 spiro atoms. The highest BCUT2D eigenvalue weighted by atomic mass is 32.2. The molecule has 0 bridgehead atoms. The largest absolute Gasteiger partial charge is 0.481 e. The van der Waals surface area contributed by atoms with Crippen LogP contribution in [0.4, 0.5) is 5.82 Å². The maximum atomic E-state index is 11.7. The molecule has 6 nitrogen and oxygen atoms in total. The Morgan fingerprint density at radius 2 is 2.21 bits per heavy atom. The lowest BCUT2D eigenvalue weighted by Gasteiger charge is -2.42. The quantitative estimate of drug-likeness (QED) is 0.846. The summed E-state index contributed by atoms with van der Waals surface area (Å²) in [6.07, 6.45) is 4.91. The minimum atomic E-state index is -3.39. The SMILES string of the molecule is CS(=O)(=O)c1cccnc1NC1(CC(=O)O)CCC1. The third kappa shape index (κ3) is 3.04. The van der Waals surface area contributed by atoms with E-state index in [2.05, 4.69) is 10.3 Å². The van der Waals surface area contributed by atoms with Crippen molar-refractivity contribution >= 4 is 21.6 Å². The lowest BCUT2D eigenvalue weighted by atomic mass is 9.74. The number of nitrogens with zero attached hydrogens (tertiary/aromatic N) is 1. The molecule has 0 atom stereocenters. The van der Waals surface area contributed by atoms with Crippen molar-refractivity contribution in [3.8, 4) is 0 Å². The Hall–Kier alpha value is -1.63. The molecule has 1 aromatic rings. The number of aliphatic carboxylic acids is 1. The van der Waals surface area contributed by atoms with Crippen molar-refractivity contribution in [3.05, 3.63) is 18.3 Å². The molecule has 2 rings (SSSR count). The fourth-order valence-electron chi connectivity index (χ4n) is 2.27. The van der Waals surface area contributed by atoms with Gasteiger partial charge >= 0.3 is 5.97 Å². The van der Waals surface area contributed by atoms with E-state index in [9.17, 15) is 13.2 Å². The summed E-state index contributed by atoms with van der Waals surface area (Å²) < 4.78 is 23.3. The van der Waals surface area contributed by atoms with E-state index in [1.165, 1.54) is 12.3 Å². The summed E-state index contributed by atoms with van der Waals surface area (Å²) in [7, 11) is -3.39. The Kier molecular flexibility index (Phi) is 3.49. The van der Waals surface area contributed by atoms with E-state index in [0.29, 0.717) is 12.8 Å². The molecule has 1 saturated carbocycles. The van der Waals surface area contributed by atoms with Gasteiger partial charge in [-0.1, -0.05) is 0 Å². The molecule has 1 aliphatic carbocycles. The van der Waals surface area contributed by atoms with E-state index in [1.807, 2.05) is 0 Å². The molecule has 0 unspecified atom stereocenters. The van der Waals surface area contributed by atoms with Gasteiger partial charge in [0.25, 0.3) is 0 Å². The first kappa shape index (κ1) is 13.8. The van der Waals surface area contributed by atoms with E-state index < -0.39 is 21.3 Å². The predicted octanol–water partition coefficient (Wildman–Crippen LogP) is 1.29. The average molecular weight is 284 g/mol. The first-order valence-electron chi connectivity index (χ1n) is 5.97. The molecule has 19 heavy (non-hydrogen) atoms. The van der Waals surface area contributed by atoms with Crippen LogP contribution >= 0.6 is 0 Å². The standard InChI is InChI=1S/C12H16N2O4S/c1-19(17,18)9-4-2-7-13-11(9)14-12(5-3-6-12)8-10(15)16/h2,4,7H,3,5-6,8H2,1H3,(H,13,14)(H,15,16). The molecule has 0 radical (unpaired) electrons. The van der Waals surface area contributed by atoms with Gasteiger partial charge in [-0.2, -0.15) is 0 Å². The number of nitrogens with one attached hydrogen (secondary N) is 1. The van der Waals surface area contributed by atoms with Gasteiger partial charge in [0.15, 0.2) is 9.84 Å². The molecule has 1 fully saturated rings. The van der Waals surface area contributed by atoms with Crippen LogP contribution in [0.25, 0.3) is 0 Å². The van der Waals surface area contributed by atoms with E-state index in [4.69, 9.17) is 5.11 Å². The topological polar surface area (TPSA) is 96.4 Å². The number of sulfone groups is 1. The second-order valence-electron chi connectivity index (χ2n) is 4.95. The molecular formula is C12H16N2O4S. The van der Waals surface area contributed by atoms with Crippen LogP contribution in [0.1, 0.15) is 25.7 Å². The van der Waals surface area contributed by atoms with E-state index in [0.717, 1.165) is 12.7 Å². The lowest BCUT2D eigenvalue weighted by Crippen LogP contribution is -2.47. The summed E-state index contributed by atoms with van der Waals surface area (Å²) in [6, 6.07) is 3.02. The summed E-state index contributed by atoms with van der Waals surface area (Å²) >= 11 is 0. The number of pyridine rings is 1. The molecule has 0 amide bonds. The molecular weight excluding hydrogens is 268 g/mol. The van der Waals surface area contributed by atoms with Gasteiger partial charge in [0.2, 0.25) is 0 Å². The fourth-order valence-corrected chi connectivity index (χ4v) is 3.05. The number of carbonyl (C=O) groups is 1. The van der Waals surface area contributed by atoms with Crippen molar-refractivity contribution in [1.29, 1.82) is 0 Å². The van der Waals surface area contributed by atoms with Crippen LogP contribution in [-0.4, -0.2) is 36.3 Å². The Morgan fingerprint density at radius 3 is 2.68 bits per heavy atom. The number of carboxylic acids is 1. The molecule has 1 aromatic heterocycles. The van der Waals surface area contributed by atoms with Gasteiger partial charge in [-0.05, 0) is 31.4 Å². The van der Waals surface area contributed by atoms with Crippen molar-refractivity contribution < 1.29 is 18.3 Å². The Labute approximate surface area is 111 Å². The maximum Gasteiger partial charge on any atom is 0.305 e. The molecule has 0 saturated heterocycles. The number of hydrogen-bond acceptors (Lipinski definition) is 5. The van der Waals surface area contributed by atoms with Crippen LogP contribution in [0.15, 0.2) is 23.2 Å². The van der Waals surface area contributed by atoms with Crippen molar-refractivity contribution in [3.63, 3.8) is 0 Å². The van der Waals surface area contributed by atoms with Gasteiger partial charge in [-0.3, -0.25) is 4.79 Å². The summed E-state index contributed by atoms with van der Waals surface area (Å²) in [6.45, 7) is 0. The summed E-state index contributed by atoms with van der Waals surface area (Å²) in [5.74, 6) is -0.657. The maximum absolute atomic E-state index is 11.7.